The van der Waals surface area contributed by atoms with Crippen molar-refractivity contribution in [3.05, 3.63) is 64.8 Å². The van der Waals surface area contributed by atoms with Crippen molar-refractivity contribution in [3.63, 3.8) is 0 Å². The van der Waals surface area contributed by atoms with Crippen molar-refractivity contribution in [2.75, 3.05) is 13.2 Å². The van der Waals surface area contributed by atoms with Gasteiger partial charge in [0.2, 0.25) is 0 Å². The number of aliphatic carboxylic acids is 1. The first-order chi connectivity index (χ1) is 13.4. The lowest BCUT2D eigenvalue weighted by molar-refractivity contribution is -0.139. The third-order valence-corrected chi connectivity index (χ3v) is 4.75. The van der Waals surface area contributed by atoms with Crippen molar-refractivity contribution in [1.82, 2.24) is 9.88 Å². The van der Waals surface area contributed by atoms with E-state index in [1.807, 2.05) is 51.2 Å². The predicted octanol–water partition coefficient (Wildman–Crippen LogP) is 3.91. The summed E-state index contributed by atoms with van der Waals surface area (Å²) in [6, 6.07) is 11.5. The maximum absolute atomic E-state index is 13.1. The molecule has 28 heavy (non-hydrogen) atoms. The van der Waals surface area contributed by atoms with E-state index in [0.717, 1.165) is 27.6 Å². The zero-order valence-corrected chi connectivity index (χ0v) is 16.3. The Balaban J connectivity index is 1.84. The molecule has 3 aromatic rings. The smallest absolute Gasteiger partial charge is 0.341 e. The first-order valence-electron chi connectivity index (χ1n) is 9.20. The van der Waals surface area contributed by atoms with Crippen LogP contribution in [-0.2, 0) is 11.3 Å². The minimum atomic E-state index is -1.03. The van der Waals surface area contributed by atoms with Gasteiger partial charge in [-0.15, -0.1) is 0 Å². The summed E-state index contributed by atoms with van der Waals surface area (Å²) in [5.74, 6) is -0.586. The lowest BCUT2D eigenvalue weighted by atomic mass is 10.0. The molecule has 3 rings (SSSR count). The first kappa shape index (κ1) is 19.5. The van der Waals surface area contributed by atoms with Crippen LogP contribution in [0.2, 0.25) is 0 Å². The SMILES string of the molecule is CCN(Cc1c[nH]c2ccccc12)C(=O)c1cc(C)c(OCC(=O)O)c(C)c1. The van der Waals surface area contributed by atoms with Crippen LogP contribution in [0.3, 0.4) is 0 Å². The molecule has 1 heterocycles. The Bertz CT molecular complexity index is 999. The highest BCUT2D eigenvalue weighted by molar-refractivity contribution is 5.95. The Kier molecular flexibility index (Phi) is 5.68. The normalized spacial score (nSPS) is 10.8. The number of nitrogens with one attached hydrogen (secondary N) is 1. The number of fused-ring (bicyclic) bond motifs is 1. The number of hydrogen-bond acceptors (Lipinski definition) is 3. The fraction of sp³-hybridized carbons (Fsp3) is 0.273. The number of carboxylic acid groups (broad SMARTS) is 1. The number of para-hydroxylation sites is 1. The summed E-state index contributed by atoms with van der Waals surface area (Å²) in [7, 11) is 0. The van der Waals surface area contributed by atoms with E-state index < -0.39 is 12.6 Å². The van der Waals surface area contributed by atoms with Gasteiger partial charge < -0.3 is 19.7 Å². The van der Waals surface area contributed by atoms with Crippen LogP contribution in [0.15, 0.2) is 42.6 Å². The average molecular weight is 380 g/mol. The van der Waals surface area contributed by atoms with E-state index in [2.05, 4.69) is 4.98 Å². The van der Waals surface area contributed by atoms with Gasteiger partial charge >= 0.3 is 5.97 Å². The molecule has 0 radical (unpaired) electrons. The van der Waals surface area contributed by atoms with E-state index in [-0.39, 0.29) is 5.91 Å². The quantitative estimate of drug-likeness (QED) is 0.651. The van der Waals surface area contributed by atoms with Crippen LogP contribution >= 0.6 is 0 Å². The van der Waals surface area contributed by atoms with Crippen LogP contribution < -0.4 is 4.74 Å². The predicted molar refractivity (Wildman–Crippen MR) is 108 cm³/mol. The van der Waals surface area contributed by atoms with Crippen LogP contribution in [0.4, 0.5) is 0 Å². The number of ether oxygens (including phenoxy) is 1. The lowest BCUT2D eigenvalue weighted by Crippen LogP contribution is -2.30. The number of carboxylic acids is 1. The van der Waals surface area contributed by atoms with E-state index >= 15 is 0 Å². The number of hydrogen-bond donors (Lipinski definition) is 2. The number of nitrogens with zero attached hydrogens (tertiary/aromatic N) is 1. The number of aromatic amines is 1. The van der Waals surface area contributed by atoms with Crippen LogP contribution in [0, 0.1) is 13.8 Å². The van der Waals surface area contributed by atoms with Gasteiger partial charge in [-0.1, -0.05) is 18.2 Å². The molecule has 1 aromatic heterocycles. The summed E-state index contributed by atoms with van der Waals surface area (Å²) in [6.45, 7) is 6.27. The number of aryl methyl sites for hydroxylation is 2. The standard InChI is InChI=1S/C22H24N2O4/c1-4-24(12-17-11-23-19-8-6-5-7-18(17)19)22(27)16-9-14(2)21(15(3)10-16)28-13-20(25)26/h5-11,23H,4,12-13H2,1-3H3,(H,25,26). The van der Waals surface area contributed by atoms with E-state index in [1.54, 1.807) is 17.0 Å². The molecule has 6 nitrogen and oxygen atoms in total. The molecular weight excluding hydrogens is 356 g/mol. The number of aromatic nitrogens is 1. The molecule has 146 valence electrons. The second-order valence-corrected chi connectivity index (χ2v) is 6.80. The maximum atomic E-state index is 13.1. The van der Waals surface area contributed by atoms with E-state index in [0.29, 0.717) is 24.4 Å². The molecule has 2 aromatic carbocycles. The van der Waals surface area contributed by atoms with Crippen molar-refractivity contribution in [2.45, 2.75) is 27.3 Å². The highest BCUT2D eigenvalue weighted by Crippen LogP contribution is 2.26. The number of rotatable bonds is 7. The second-order valence-electron chi connectivity index (χ2n) is 6.80. The third-order valence-electron chi connectivity index (χ3n) is 4.75. The molecular formula is C22H24N2O4. The highest BCUT2D eigenvalue weighted by atomic mass is 16.5. The van der Waals surface area contributed by atoms with Crippen LogP contribution in [0.5, 0.6) is 5.75 Å². The van der Waals surface area contributed by atoms with Crippen molar-refractivity contribution in [3.8, 4) is 5.75 Å². The number of H-pyrrole nitrogens is 1. The molecule has 0 fully saturated rings. The van der Waals surface area contributed by atoms with E-state index in [9.17, 15) is 9.59 Å². The van der Waals surface area contributed by atoms with Gasteiger partial charge in [0.05, 0.1) is 0 Å². The molecule has 0 atom stereocenters. The highest BCUT2D eigenvalue weighted by Gasteiger charge is 2.19. The van der Waals surface area contributed by atoms with Crippen molar-refractivity contribution in [2.24, 2.45) is 0 Å². The molecule has 0 saturated heterocycles. The van der Waals surface area contributed by atoms with Gasteiger partial charge in [0.1, 0.15) is 5.75 Å². The van der Waals surface area contributed by atoms with Gasteiger partial charge in [-0.25, -0.2) is 4.79 Å². The average Bonchev–Trinajstić information content (AvgIpc) is 3.07. The van der Waals surface area contributed by atoms with Crippen molar-refractivity contribution >= 4 is 22.8 Å². The summed E-state index contributed by atoms with van der Waals surface area (Å²) in [6.07, 6.45) is 1.94. The third kappa shape index (κ3) is 4.01. The summed E-state index contributed by atoms with van der Waals surface area (Å²) < 4.78 is 5.36. The van der Waals surface area contributed by atoms with Crippen molar-refractivity contribution in [1.29, 1.82) is 0 Å². The zero-order chi connectivity index (χ0) is 20.3. The molecule has 6 heteroatoms. The molecule has 0 unspecified atom stereocenters. The lowest BCUT2D eigenvalue weighted by Gasteiger charge is -2.22. The largest absolute Gasteiger partial charge is 0.481 e. The summed E-state index contributed by atoms with van der Waals surface area (Å²) in [5.41, 5.74) is 4.17. The Morgan fingerprint density at radius 1 is 1.14 bits per heavy atom. The summed E-state index contributed by atoms with van der Waals surface area (Å²) >= 11 is 0. The molecule has 0 bridgehead atoms. The van der Waals surface area contributed by atoms with Gasteiger partial charge in [-0.05, 0) is 55.7 Å². The van der Waals surface area contributed by atoms with Crippen molar-refractivity contribution < 1.29 is 19.4 Å². The number of carbonyl (C=O) groups excluding carboxylic acids is 1. The van der Waals surface area contributed by atoms with E-state index in [4.69, 9.17) is 9.84 Å². The maximum Gasteiger partial charge on any atom is 0.341 e. The summed E-state index contributed by atoms with van der Waals surface area (Å²) in [4.78, 5) is 28.9. The van der Waals surface area contributed by atoms with Gasteiger partial charge in [0, 0.05) is 35.8 Å². The molecule has 0 aliphatic rings. The number of benzene rings is 2. The molecule has 2 N–H and O–H groups in total. The number of carbonyl (C=O) groups is 2. The van der Waals surface area contributed by atoms with E-state index in [1.165, 1.54) is 0 Å². The van der Waals surface area contributed by atoms with Gasteiger partial charge in [-0.2, -0.15) is 0 Å². The zero-order valence-electron chi connectivity index (χ0n) is 16.3. The number of amides is 1. The molecule has 0 aliphatic heterocycles. The van der Waals surface area contributed by atoms with Gasteiger partial charge in [0.25, 0.3) is 5.91 Å². The first-order valence-corrected chi connectivity index (χ1v) is 9.20. The molecule has 0 aliphatic carbocycles. The minimum absolute atomic E-state index is 0.0660. The monoisotopic (exact) mass is 380 g/mol. The Morgan fingerprint density at radius 3 is 2.46 bits per heavy atom. The Labute approximate surface area is 163 Å². The van der Waals surface area contributed by atoms with Crippen LogP contribution in [-0.4, -0.2) is 40.0 Å². The fourth-order valence-corrected chi connectivity index (χ4v) is 3.41. The molecule has 0 saturated carbocycles. The Hall–Kier alpha value is -3.28. The van der Waals surface area contributed by atoms with Crippen LogP contribution in [0.1, 0.15) is 34.0 Å². The topological polar surface area (TPSA) is 82.6 Å². The summed E-state index contributed by atoms with van der Waals surface area (Å²) in [5, 5.41) is 9.92. The Morgan fingerprint density at radius 2 is 1.82 bits per heavy atom. The fourth-order valence-electron chi connectivity index (χ4n) is 3.41. The van der Waals surface area contributed by atoms with Crippen LogP contribution in [0.25, 0.3) is 10.9 Å². The van der Waals surface area contributed by atoms with Gasteiger partial charge in [-0.3, -0.25) is 4.79 Å². The minimum Gasteiger partial charge on any atom is -0.481 e. The molecule has 0 spiro atoms. The van der Waals surface area contributed by atoms with Gasteiger partial charge in [0.15, 0.2) is 6.61 Å². The molecule has 1 amide bonds. The second kappa shape index (κ2) is 8.17.